The highest BCUT2D eigenvalue weighted by Gasteiger charge is 2.22. The summed E-state index contributed by atoms with van der Waals surface area (Å²) < 4.78 is 11.4. The summed E-state index contributed by atoms with van der Waals surface area (Å²) in [5.41, 5.74) is 1.24. The molecular weight excluding hydrogens is 308 g/mol. The van der Waals surface area contributed by atoms with Gasteiger partial charge in [0.2, 0.25) is 0 Å². The van der Waals surface area contributed by atoms with Crippen LogP contribution in [-0.2, 0) is 11.3 Å². The predicted molar refractivity (Wildman–Crippen MR) is 90.1 cm³/mol. The molecule has 0 bridgehead atoms. The van der Waals surface area contributed by atoms with Gasteiger partial charge in [-0.1, -0.05) is 42.5 Å². The molecule has 0 saturated carbocycles. The topological polar surface area (TPSA) is 64.8 Å². The van der Waals surface area contributed by atoms with Gasteiger partial charge in [-0.2, -0.15) is 0 Å². The maximum Gasteiger partial charge on any atom is 0.310 e. The van der Waals surface area contributed by atoms with Crippen LogP contribution in [0, 0.1) is 10.1 Å². The van der Waals surface area contributed by atoms with E-state index in [0.29, 0.717) is 13.2 Å². The number of hydrogen-bond acceptors (Lipinski definition) is 5. The van der Waals surface area contributed by atoms with Crippen molar-refractivity contribution in [3.05, 3.63) is 70.3 Å². The first-order valence-corrected chi connectivity index (χ1v) is 7.96. The van der Waals surface area contributed by atoms with Crippen LogP contribution < -0.4 is 4.74 Å². The van der Waals surface area contributed by atoms with Crippen molar-refractivity contribution in [2.75, 3.05) is 26.3 Å². The van der Waals surface area contributed by atoms with Gasteiger partial charge in [0.1, 0.15) is 12.7 Å². The lowest BCUT2D eigenvalue weighted by Crippen LogP contribution is -2.44. The summed E-state index contributed by atoms with van der Waals surface area (Å²) in [6.45, 7) is 3.42. The molecule has 0 spiro atoms. The Morgan fingerprint density at radius 2 is 1.92 bits per heavy atom. The summed E-state index contributed by atoms with van der Waals surface area (Å²) in [7, 11) is 0. The minimum absolute atomic E-state index is 0.0190. The first-order chi connectivity index (χ1) is 11.7. The molecule has 1 atom stereocenters. The Labute approximate surface area is 140 Å². The monoisotopic (exact) mass is 328 g/mol. The van der Waals surface area contributed by atoms with Gasteiger partial charge in [-0.3, -0.25) is 15.0 Å². The number of benzene rings is 2. The Morgan fingerprint density at radius 1 is 1.17 bits per heavy atom. The van der Waals surface area contributed by atoms with Crippen LogP contribution in [0.5, 0.6) is 5.75 Å². The lowest BCUT2D eigenvalue weighted by atomic mass is 10.2. The molecule has 1 fully saturated rings. The molecule has 0 N–H and O–H groups in total. The molecule has 6 heteroatoms. The van der Waals surface area contributed by atoms with Crippen LogP contribution in [0.15, 0.2) is 54.6 Å². The molecule has 2 aromatic carbocycles. The van der Waals surface area contributed by atoms with Crippen molar-refractivity contribution in [1.82, 2.24) is 4.90 Å². The number of nitro groups is 1. The second-order valence-electron chi connectivity index (χ2n) is 5.75. The molecule has 24 heavy (non-hydrogen) atoms. The molecule has 1 aliphatic rings. The molecule has 1 heterocycles. The number of morpholine rings is 1. The van der Waals surface area contributed by atoms with Crippen LogP contribution in [0.4, 0.5) is 5.69 Å². The summed E-state index contributed by atoms with van der Waals surface area (Å²) in [4.78, 5) is 12.9. The molecule has 2 aromatic rings. The van der Waals surface area contributed by atoms with E-state index in [-0.39, 0.29) is 17.5 Å². The number of hydrogen-bond donors (Lipinski definition) is 0. The third-order valence-electron chi connectivity index (χ3n) is 3.96. The van der Waals surface area contributed by atoms with Crippen LogP contribution in [0.1, 0.15) is 5.56 Å². The van der Waals surface area contributed by atoms with Crippen molar-refractivity contribution in [2.45, 2.75) is 12.6 Å². The Balaban J connectivity index is 1.55. The van der Waals surface area contributed by atoms with Crippen LogP contribution >= 0.6 is 0 Å². The SMILES string of the molecule is O=[N+]([O-])c1ccccc1OC[C@@H]1CN(Cc2ccccc2)CCO1. The molecule has 0 unspecified atom stereocenters. The zero-order chi connectivity index (χ0) is 16.8. The number of nitro benzene ring substituents is 1. The maximum atomic E-state index is 11.0. The molecule has 3 rings (SSSR count). The lowest BCUT2D eigenvalue weighted by molar-refractivity contribution is -0.385. The first-order valence-electron chi connectivity index (χ1n) is 7.96. The number of ether oxygens (including phenoxy) is 2. The quantitative estimate of drug-likeness (QED) is 0.602. The van der Waals surface area contributed by atoms with Gasteiger partial charge in [0.25, 0.3) is 0 Å². The van der Waals surface area contributed by atoms with Crippen molar-refractivity contribution in [1.29, 1.82) is 0 Å². The molecule has 0 radical (unpaired) electrons. The highest BCUT2D eigenvalue weighted by Crippen LogP contribution is 2.26. The minimum atomic E-state index is -0.432. The summed E-state index contributed by atoms with van der Waals surface area (Å²) in [5, 5.41) is 11.0. The summed E-state index contributed by atoms with van der Waals surface area (Å²) in [6, 6.07) is 16.7. The van der Waals surface area contributed by atoms with E-state index in [1.54, 1.807) is 18.2 Å². The second kappa shape index (κ2) is 7.90. The molecule has 0 aromatic heterocycles. The average molecular weight is 328 g/mol. The van der Waals surface area contributed by atoms with E-state index in [2.05, 4.69) is 17.0 Å². The third-order valence-corrected chi connectivity index (χ3v) is 3.96. The third kappa shape index (κ3) is 4.31. The van der Waals surface area contributed by atoms with Gasteiger partial charge >= 0.3 is 5.69 Å². The highest BCUT2D eigenvalue weighted by atomic mass is 16.6. The van der Waals surface area contributed by atoms with Gasteiger partial charge in [0.15, 0.2) is 5.75 Å². The van der Waals surface area contributed by atoms with Crippen LogP contribution in [0.3, 0.4) is 0 Å². The fraction of sp³-hybridized carbons (Fsp3) is 0.333. The molecule has 1 aliphatic heterocycles. The van der Waals surface area contributed by atoms with Gasteiger partial charge in [-0.25, -0.2) is 0 Å². The van der Waals surface area contributed by atoms with Gasteiger partial charge < -0.3 is 9.47 Å². The standard InChI is InChI=1S/C18H20N2O4/c21-20(22)17-8-4-5-9-18(17)24-14-16-13-19(10-11-23-16)12-15-6-2-1-3-7-15/h1-9,16H,10-14H2/t16-/m0/s1. The van der Waals surface area contributed by atoms with Crippen molar-refractivity contribution in [2.24, 2.45) is 0 Å². The van der Waals surface area contributed by atoms with Gasteiger partial charge in [0.05, 0.1) is 11.5 Å². The number of para-hydroxylation sites is 2. The fourth-order valence-electron chi connectivity index (χ4n) is 2.78. The highest BCUT2D eigenvalue weighted by molar-refractivity contribution is 5.45. The fourth-order valence-corrected chi connectivity index (χ4v) is 2.78. The van der Waals surface area contributed by atoms with Crippen molar-refractivity contribution in [3.63, 3.8) is 0 Å². The minimum Gasteiger partial charge on any atom is -0.484 e. The number of rotatable bonds is 6. The smallest absolute Gasteiger partial charge is 0.310 e. The number of nitrogens with zero attached hydrogens (tertiary/aromatic N) is 2. The van der Waals surface area contributed by atoms with E-state index in [9.17, 15) is 10.1 Å². The first kappa shape index (κ1) is 16.4. The Hall–Kier alpha value is -2.44. The molecular formula is C18H20N2O4. The normalized spacial score (nSPS) is 18.2. The van der Waals surface area contributed by atoms with Gasteiger partial charge in [0, 0.05) is 25.7 Å². The largest absolute Gasteiger partial charge is 0.484 e. The summed E-state index contributed by atoms with van der Waals surface area (Å²) in [6.07, 6.45) is -0.0951. The van der Waals surface area contributed by atoms with Crippen molar-refractivity contribution in [3.8, 4) is 5.75 Å². The van der Waals surface area contributed by atoms with Crippen molar-refractivity contribution >= 4 is 5.69 Å². The van der Waals surface area contributed by atoms with Gasteiger partial charge in [-0.05, 0) is 11.6 Å². The predicted octanol–water partition coefficient (Wildman–Crippen LogP) is 2.87. The van der Waals surface area contributed by atoms with E-state index in [1.807, 2.05) is 18.2 Å². The molecule has 6 nitrogen and oxygen atoms in total. The average Bonchev–Trinajstić information content (AvgIpc) is 2.61. The van der Waals surface area contributed by atoms with Crippen molar-refractivity contribution < 1.29 is 14.4 Å². The second-order valence-corrected chi connectivity index (χ2v) is 5.75. The maximum absolute atomic E-state index is 11.0. The molecule has 126 valence electrons. The van der Waals surface area contributed by atoms with E-state index < -0.39 is 4.92 Å². The van der Waals surface area contributed by atoms with Crippen LogP contribution in [-0.4, -0.2) is 42.2 Å². The Bertz CT molecular complexity index is 678. The Kier molecular flexibility index (Phi) is 5.40. The summed E-state index contributed by atoms with van der Waals surface area (Å²) in [5.74, 6) is 0.284. The zero-order valence-electron chi connectivity index (χ0n) is 13.3. The van der Waals surface area contributed by atoms with E-state index in [1.165, 1.54) is 11.6 Å². The van der Waals surface area contributed by atoms with E-state index >= 15 is 0 Å². The van der Waals surface area contributed by atoms with Crippen LogP contribution in [0.25, 0.3) is 0 Å². The summed E-state index contributed by atoms with van der Waals surface area (Å²) >= 11 is 0. The molecule has 0 amide bonds. The lowest BCUT2D eigenvalue weighted by Gasteiger charge is -2.32. The molecule has 1 saturated heterocycles. The van der Waals surface area contributed by atoms with E-state index in [4.69, 9.17) is 9.47 Å². The zero-order valence-corrected chi connectivity index (χ0v) is 13.3. The molecule has 0 aliphatic carbocycles. The van der Waals surface area contributed by atoms with Crippen LogP contribution in [0.2, 0.25) is 0 Å². The van der Waals surface area contributed by atoms with E-state index in [0.717, 1.165) is 19.6 Å². The Morgan fingerprint density at radius 3 is 2.71 bits per heavy atom. The van der Waals surface area contributed by atoms with Gasteiger partial charge in [-0.15, -0.1) is 0 Å².